The molecule has 0 heterocycles. The summed E-state index contributed by atoms with van der Waals surface area (Å²) in [7, 11) is 0. The summed E-state index contributed by atoms with van der Waals surface area (Å²) < 4.78 is 82.4. The van der Waals surface area contributed by atoms with Crippen LogP contribution in [0.2, 0.25) is 0 Å². The molecule has 2 N–H and O–H groups in total. The molecule has 3 aromatic carbocycles. The zero-order chi connectivity index (χ0) is 49.8. The molecule has 0 radical (unpaired) electrons. The predicted molar refractivity (Wildman–Crippen MR) is 263 cm³/mol. The summed E-state index contributed by atoms with van der Waals surface area (Å²) >= 11 is 0. The summed E-state index contributed by atoms with van der Waals surface area (Å²) in [6, 6.07) is 26.1. The molecule has 1 aliphatic carbocycles. The van der Waals surface area contributed by atoms with Crippen LogP contribution in [-0.2, 0) is 77.7 Å². The number of alkyl carbamates (subject to hydrolysis) is 2. The van der Waals surface area contributed by atoms with Crippen molar-refractivity contribution in [2.75, 3.05) is 191 Å². The average molecular weight is 1000 g/mol. The highest BCUT2D eigenvalue weighted by atomic mass is 16.6. The first kappa shape index (κ1) is 59.2. The van der Waals surface area contributed by atoms with Crippen LogP contribution >= 0.6 is 0 Å². The van der Waals surface area contributed by atoms with E-state index in [9.17, 15) is 9.59 Å². The van der Waals surface area contributed by atoms with Crippen LogP contribution in [0.5, 0.6) is 0 Å². The predicted octanol–water partition coefficient (Wildman–Crippen LogP) is 5.06. The molecule has 3 aromatic rings. The molecule has 0 aliphatic heterocycles. The number of nitrogens with one attached hydrogen (secondary N) is 2. The Balaban J connectivity index is 0.736. The van der Waals surface area contributed by atoms with Crippen LogP contribution in [0.3, 0.4) is 0 Å². The van der Waals surface area contributed by atoms with Crippen molar-refractivity contribution in [3.8, 4) is 11.1 Å². The molecular weight excluding hydrogens is 925 g/mol. The van der Waals surface area contributed by atoms with E-state index in [1.54, 1.807) is 0 Å². The van der Waals surface area contributed by atoms with E-state index in [2.05, 4.69) is 34.9 Å². The standard InChI is InChI=1S/C52H78N2O17/c55-51(71-44-50-48-13-6-4-11-46(48)47-12-5-7-14-49(47)50)53-15-8-17-57-19-21-59-23-25-61-27-29-63-31-33-65-35-37-67-39-41-69-42-40-68-38-36-66-34-32-64-30-28-62-26-24-60-22-20-58-18-16-54-52(56)70-43-45-9-2-1-3-10-45/h1-7,9-14,50H,8,15-44H2,(H,53,55)(H,54,56). The first-order valence-electron chi connectivity index (χ1n) is 24.8. The topological polar surface area (TPSA) is 197 Å². The minimum atomic E-state index is -0.474. The molecular formula is C52H78N2O17. The zero-order valence-electron chi connectivity index (χ0n) is 41.4. The van der Waals surface area contributed by atoms with Gasteiger partial charge in [-0.25, -0.2) is 9.59 Å². The highest BCUT2D eigenvalue weighted by Crippen LogP contribution is 2.44. The summed E-state index contributed by atoms with van der Waals surface area (Å²) in [4.78, 5) is 24.0. The van der Waals surface area contributed by atoms with Gasteiger partial charge in [0.2, 0.25) is 0 Å². The number of ether oxygens (including phenoxy) is 15. The van der Waals surface area contributed by atoms with Gasteiger partial charge in [0.1, 0.15) is 13.2 Å². The van der Waals surface area contributed by atoms with E-state index in [0.29, 0.717) is 198 Å². The number of rotatable bonds is 47. The number of carbonyl (C=O) groups is 2. The lowest BCUT2D eigenvalue weighted by Crippen LogP contribution is -2.28. The van der Waals surface area contributed by atoms with Crippen LogP contribution in [0, 0.1) is 0 Å². The molecule has 4 rings (SSSR count). The minimum Gasteiger partial charge on any atom is -0.449 e. The molecule has 2 amide bonds. The number of carbonyl (C=O) groups excluding carboxylic acids is 2. The lowest BCUT2D eigenvalue weighted by molar-refractivity contribution is -0.0290. The normalized spacial score (nSPS) is 11.9. The lowest BCUT2D eigenvalue weighted by atomic mass is 9.98. The van der Waals surface area contributed by atoms with Crippen LogP contribution in [0.1, 0.15) is 29.0 Å². The Morgan fingerprint density at radius 3 is 1.04 bits per heavy atom. The lowest BCUT2D eigenvalue weighted by Gasteiger charge is -2.14. The largest absolute Gasteiger partial charge is 0.449 e. The number of amides is 2. The summed E-state index contributed by atoms with van der Waals surface area (Å²) in [5.41, 5.74) is 5.72. The summed E-state index contributed by atoms with van der Waals surface area (Å²) in [6.07, 6.45) is -0.217. The van der Waals surface area contributed by atoms with Gasteiger partial charge in [0.15, 0.2) is 0 Å². The third-order valence-corrected chi connectivity index (χ3v) is 10.3. The second kappa shape index (κ2) is 42.2. The maximum Gasteiger partial charge on any atom is 0.407 e. The maximum absolute atomic E-state index is 12.3. The van der Waals surface area contributed by atoms with Crippen LogP contribution in [0.25, 0.3) is 11.1 Å². The fourth-order valence-electron chi connectivity index (χ4n) is 6.75. The molecule has 0 atom stereocenters. The van der Waals surface area contributed by atoms with Crippen molar-refractivity contribution in [3.63, 3.8) is 0 Å². The fraction of sp³-hybridized carbons (Fsp3) is 0.615. The molecule has 0 fully saturated rings. The molecule has 0 saturated heterocycles. The SMILES string of the molecule is O=C(NCCOCCOCCOCCOCCOCCOCCOCCOCCOCCOCCOCCOCCOCCCNC(=O)OCC1c2ccccc2-c2ccccc21)OCc1ccccc1. The molecule has 71 heavy (non-hydrogen) atoms. The van der Waals surface area contributed by atoms with Gasteiger partial charge in [-0.15, -0.1) is 0 Å². The van der Waals surface area contributed by atoms with Crippen LogP contribution < -0.4 is 10.6 Å². The van der Waals surface area contributed by atoms with Crippen molar-refractivity contribution >= 4 is 12.2 Å². The highest BCUT2D eigenvalue weighted by molar-refractivity contribution is 5.79. The monoisotopic (exact) mass is 1000 g/mol. The highest BCUT2D eigenvalue weighted by Gasteiger charge is 2.29. The van der Waals surface area contributed by atoms with Crippen molar-refractivity contribution < 1.29 is 80.6 Å². The van der Waals surface area contributed by atoms with E-state index in [0.717, 1.165) is 5.56 Å². The number of fused-ring (bicyclic) bond motifs is 3. The first-order valence-corrected chi connectivity index (χ1v) is 24.8. The molecule has 19 heteroatoms. The van der Waals surface area contributed by atoms with Gasteiger partial charge in [-0.1, -0.05) is 78.9 Å². The van der Waals surface area contributed by atoms with Crippen molar-refractivity contribution in [1.82, 2.24) is 10.6 Å². The summed E-state index contributed by atoms with van der Waals surface area (Å²) in [5.74, 6) is 0.0426. The number of hydrogen-bond acceptors (Lipinski definition) is 17. The van der Waals surface area contributed by atoms with E-state index in [4.69, 9.17) is 71.1 Å². The van der Waals surface area contributed by atoms with Crippen molar-refractivity contribution in [1.29, 1.82) is 0 Å². The summed E-state index contributed by atoms with van der Waals surface area (Å²) in [5, 5.41) is 5.45. The Bertz CT molecular complexity index is 1700. The molecule has 1 aliphatic rings. The van der Waals surface area contributed by atoms with E-state index < -0.39 is 12.2 Å². The Morgan fingerprint density at radius 1 is 0.338 bits per heavy atom. The molecule has 398 valence electrons. The van der Waals surface area contributed by atoms with E-state index in [1.807, 2.05) is 54.6 Å². The Labute approximate surface area is 419 Å². The van der Waals surface area contributed by atoms with E-state index in [-0.39, 0.29) is 12.5 Å². The van der Waals surface area contributed by atoms with Crippen molar-refractivity contribution in [2.24, 2.45) is 0 Å². The molecule has 0 bridgehead atoms. The quantitative estimate of drug-likeness (QED) is 0.0712. The summed E-state index contributed by atoms with van der Waals surface area (Å²) in [6.45, 7) is 13.6. The molecule has 0 unspecified atom stereocenters. The van der Waals surface area contributed by atoms with Crippen molar-refractivity contribution in [2.45, 2.75) is 18.9 Å². The van der Waals surface area contributed by atoms with Gasteiger partial charge in [-0.3, -0.25) is 0 Å². The van der Waals surface area contributed by atoms with Gasteiger partial charge in [0.05, 0.1) is 165 Å². The second-order valence-electron chi connectivity index (χ2n) is 15.6. The Kier molecular flexibility index (Phi) is 35.2. The third-order valence-electron chi connectivity index (χ3n) is 10.3. The van der Waals surface area contributed by atoms with Gasteiger partial charge < -0.3 is 81.7 Å². The molecule has 19 nitrogen and oxygen atoms in total. The fourth-order valence-corrected chi connectivity index (χ4v) is 6.75. The number of hydrogen-bond donors (Lipinski definition) is 2. The van der Waals surface area contributed by atoms with E-state index in [1.165, 1.54) is 22.3 Å². The molecule has 0 aromatic heterocycles. The maximum atomic E-state index is 12.3. The van der Waals surface area contributed by atoms with Gasteiger partial charge in [0.25, 0.3) is 0 Å². The van der Waals surface area contributed by atoms with Gasteiger partial charge in [0, 0.05) is 25.6 Å². The molecule has 0 saturated carbocycles. The van der Waals surface area contributed by atoms with E-state index >= 15 is 0 Å². The first-order chi connectivity index (χ1) is 35.2. The smallest absolute Gasteiger partial charge is 0.407 e. The minimum absolute atomic E-state index is 0.0426. The van der Waals surface area contributed by atoms with Crippen LogP contribution in [0.15, 0.2) is 78.9 Å². The molecule has 0 spiro atoms. The van der Waals surface area contributed by atoms with Gasteiger partial charge >= 0.3 is 12.2 Å². The van der Waals surface area contributed by atoms with Crippen molar-refractivity contribution in [3.05, 3.63) is 95.6 Å². The van der Waals surface area contributed by atoms with Crippen LogP contribution in [0.4, 0.5) is 9.59 Å². The zero-order valence-corrected chi connectivity index (χ0v) is 41.4. The average Bonchev–Trinajstić information content (AvgIpc) is 3.72. The second-order valence-corrected chi connectivity index (χ2v) is 15.6. The Morgan fingerprint density at radius 2 is 0.648 bits per heavy atom. The van der Waals surface area contributed by atoms with Gasteiger partial charge in [-0.2, -0.15) is 0 Å². The number of benzene rings is 3. The Hall–Kier alpha value is -4.32. The van der Waals surface area contributed by atoms with Crippen LogP contribution in [-0.4, -0.2) is 204 Å². The third kappa shape index (κ3) is 29.7. The van der Waals surface area contributed by atoms with Gasteiger partial charge in [-0.05, 0) is 34.2 Å².